The van der Waals surface area contributed by atoms with Crippen LogP contribution in [-0.4, -0.2) is 35.3 Å². The van der Waals surface area contributed by atoms with E-state index in [2.05, 4.69) is 44.4 Å². The topological polar surface area (TPSA) is 81.8 Å². The largest absolute Gasteiger partial charge is 0.478 e. The zero-order chi connectivity index (χ0) is 25.4. The zero-order valence-corrected chi connectivity index (χ0v) is 21.0. The predicted molar refractivity (Wildman–Crippen MR) is 145 cm³/mol. The summed E-state index contributed by atoms with van der Waals surface area (Å²) in [5, 5.41) is 13.3. The molecule has 0 spiro atoms. The van der Waals surface area contributed by atoms with Crippen LogP contribution < -0.4 is 15.1 Å². The molecule has 2 N–H and O–H groups in total. The molecule has 2 atom stereocenters. The SMILES string of the molecule is Cc1cc(C(=O)O)ccc1-c1ccc([C@@H]2[C@@H](c3ccccn3)NC(=S)N2c2ccc(N(C)C)cc2)o1. The van der Waals surface area contributed by atoms with Gasteiger partial charge in [0.2, 0.25) is 0 Å². The van der Waals surface area contributed by atoms with Crippen molar-refractivity contribution < 1.29 is 14.3 Å². The van der Waals surface area contributed by atoms with E-state index in [4.69, 9.17) is 16.6 Å². The van der Waals surface area contributed by atoms with Crippen LogP contribution in [0.25, 0.3) is 11.3 Å². The van der Waals surface area contributed by atoms with Crippen LogP contribution in [0.1, 0.15) is 39.5 Å². The number of benzene rings is 2. The van der Waals surface area contributed by atoms with Crippen LogP contribution in [0.2, 0.25) is 0 Å². The summed E-state index contributed by atoms with van der Waals surface area (Å²) in [6.45, 7) is 1.88. The van der Waals surface area contributed by atoms with Gasteiger partial charge in [-0.15, -0.1) is 0 Å². The molecule has 36 heavy (non-hydrogen) atoms. The summed E-state index contributed by atoms with van der Waals surface area (Å²) < 4.78 is 6.42. The number of hydrogen-bond acceptors (Lipinski definition) is 5. The molecule has 0 bridgehead atoms. The van der Waals surface area contributed by atoms with Crippen molar-refractivity contribution in [1.29, 1.82) is 0 Å². The van der Waals surface area contributed by atoms with Crippen LogP contribution in [0, 0.1) is 6.92 Å². The summed E-state index contributed by atoms with van der Waals surface area (Å²) in [5.74, 6) is 0.441. The Bertz CT molecular complexity index is 1420. The normalized spacial score (nSPS) is 17.2. The quantitative estimate of drug-likeness (QED) is 0.333. The molecule has 0 amide bonds. The number of carboxylic acids is 1. The van der Waals surface area contributed by atoms with E-state index in [1.54, 1.807) is 24.4 Å². The molecule has 5 rings (SSSR count). The summed E-state index contributed by atoms with van der Waals surface area (Å²) >= 11 is 5.80. The smallest absolute Gasteiger partial charge is 0.335 e. The van der Waals surface area contributed by atoms with Crippen molar-refractivity contribution >= 4 is 34.7 Å². The Labute approximate surface area is 215 Å². The molecule has 1 aliphatic rings. The van der Waals surface area contributed by atoms with Crippen molar-refractivity contribution in [3.05, 3.63) is 102 Å². The van der Waals surface area contributed by atoms with Crippen LogP contribution in [0.5, 0.6) is 0 Å². The van der Waals surface area contributed by atoms with Gasteiger partial charge < -0.3 is 24.6 Å². The lowest BCUT2D eigenvalue weighted by Gasteiger charge is -2.26. The number of carboxylic acid groups (broad SMARTS) is 1. The number of aryl methyl sites for hydroxylation is 1. The maximum Gasteiger partial charge on any atom is 0.335 e. The Morgan fingerprint density at radius 3 is 2.50 bits per heavy atom. The molecule has 1 saturated heterocycles. The highest BCUT2D eigenvalue weighted by Gasteiger charge is 2.42. The van der Waals surface area contributed by atoms with Gasteiger partial charge in [0.25, 0.3) is 0 Å². The van der Waals surface area contributed by atoms with E-state index in [0.717, 1.165) is 34.0 Å². The van der Waals surface area contributed by atoms with E-state index < -0.39 is 5.97 Å². The highest BCUT2D eigenvalue weighted by Crippen LogP contribution is 2.43. The summed E-state index contributed by atoms with van der Waals surface area (Å²) in [4.78, 5) is 20.1. The standard InChI is InChI=1S/C28H26N4O3S/c1-17-16-18(27(33)34)7-12-21(17)23-13-14-24(35-23)26-25(22-6-4-5-15-29-22)30-28(36)32(26)20-10-8-19(9-11-20)31(2)3/h4-16,25-26H,1-3H3,(H,30,36)(H,33,34)/t25-,26-/m1/s1. The fourth-order valence-electron chi connectivity index (χ4n) is 4.56. The maximum atomic E-state index is 11.4. The first-order valence-electron chi connectivity index (χ1n) is 11.6. The second-order valence-electron chi connectivity index (χ2n) is 8.94. The van der Waals surface area contributed by atoms with Crippen molar-refractivity contribution in [2.24, 2.45) is 0 Å². The van der Waals surface area contributed by atoms with E-state index in [-0.39, 0.29) is 17.6 Å². The van der Waals surface area contributed by atoms with Gasteiger partial charge in [-0.3, -0.25) is 4.98 Å². The number of aromatic nitrogens is 1. The molecule has 2 aromatic carbocycles. The molecule has 3 heterocycles. The van der Waals surface area contributed by atoms with Gasteiger partial charge in [0.1, 0.15) is 17.6 Å². The molecule has 7 nitrogen and oxygen atoms in total. The Morgan fingerprint density at radius 2 is 1.86 bits per heavy atom. The maximum absolute atomic E-state index is 11.4. The number of hydrogen-bond donors (Lipinski definition) is 2. The minimum atomic E-state index is -0.954. The summed E-state index contributed by atoms with van der Waals surface area (Å²) in [7, 11) is 4.01. The van der Waals surface area contributed by atoms with Gasteiger partial charge in [0.15, 0.2) is 5.11 Å². The molecular formula is C28H26N4O3S. The zero-order valence-electron chi connectivity index (χ0n) is 20.2. The van der Waals surface area contributed by atoms with Crippen LogP contribution >= 0.6 is 12.2 Å². The first kappa shape index (κ1) is 23.6. The monoisotopic (exact) mass is 498 g/mol. The van der Waals surface area contributed by atoms with E-state index in [9.17, 15) is 9.90 Å². The van der Waals surface area contributed by atoms with Crippen LogP contribution in [0.4, 0.5) is 11.4 Å². The van der Waals surface area contributed by atoms with E-state index in [1.807, 2.05) is 51.4 Å². The number of pyridine rings is 1. The number of thiocarbonyl (C=S) groups is 1. The number of rotatable bonds is 6. The van der Waals surface area contributed by atoms with E-state index >= 15 is 0 Å². The minimum absolute atomic E-state index is 0.221. The van der Waals surface area contributed by atoms with E-state index in [0.29, 0.717) is 10.9 Å². The first-order chi connectivity index (χ1) is 17.3. The van der Waals surface area contributed by atoms with Crippen molar-refractivity contribution in [2.45, 2.75) is 19.0 Å². The fraction of sp³-hybridized carbons (Fsp3) is 0.179. The summed E-state index contributed by atoms with van der Waals surface area (Å²) in [6.07, 6.45) is 1.77. The van der Waals surface area contributed by atoms with Gasteiger partial charge in [0, 0.05) is 37.2 Å². The van der Waals surface area contributed by atoms with Crippen LogP contribution in [0.15, 0.2) is 83.4 Å². The Hall–Kier alpha value is -4.17. The summed E-state index contributed by atoms with van der Waals surface area (Å²) in [6, 6.07) is 22.5. The number of carbonyl (C=O) groups is 1. The number of furan rings is 1. The molecule has 0 aliphatic carbocycles. The van der Waals surface area contributed by atoms with Crippen molar-refractivity contribution in [1.82, 2.24) is 10.3 Å². The van der Waals surface area contributed by atoms with Gasteiger partial charge in [-0.1, -0.05) is 12.1 Å². The number of anilines is 2. The fourth-order valence-corrected chi connectivity index (χ4v) is 4.91. The van der Waals surface area contributed by atoms with Crippen LogP contribution in [-0.2, 0) is 0 Å². The lowest BCUT2D eigenvalue weighted by Crippen LogP contribution is -2.29. The lowest BCUT2D eigenvalue weighted by atomic mass is 10.0. The molecular weight excluding hydrogens is 472 g/mol. The average Bonchev–Trinajstić information content (AvgIpc) is 3.49. The molecule has 1 aliphatic heterocycles. The molecule has 1 fully saturated rings. The lowest BCUT2D eigenvalue weighted by molar-refractivity contribution is 0.0696. The van der Waals surface area contributed by atoms with Gasteiger partial charge in [-0.25, -0.2) is 4.79 Å². The first-order valence-corrected chi connectivity index (χ1v) is 12.0. The summed E-state index contributed by atoms with van der Waals surface area (Å²) in [5.41, 5.74) is 4.81. The third-order valence-electron chi connectivity index (χ3n) is 6.40. The molecule has 2 aromatic heterocycles. The van der Waals surface area contributed by atoms with Crippen molar-refractivity contribution in [3.8, 4) is 11.3 Å². The third kappa shape index (κ3) is 4.31. The Balaban J connectivity index is 1.57. The predicted octanol–water partition coefficient (Wildman–Crippen LogP) is 5.59. The van der Waals surface area contributed by atoms with Crippen LogP contribution in [0.3, 0.4) is 0 Å². The number of nitrogens with zero attached hydrogens (tertiary/aromatic N) is 3. The number of aromatic carboxylic acids is 1. The third-order valence-corrected chi connectivity index (χ3v) is 6.71. The Morgan fingerprint density at radius 1 is 1.08 bits per heavy atom. The molecule has 0 radical (unpaired) electrons. The number of nitrogens with one attached hydrogen (secondary N) is 1. The molecule has 0 saturated carbocycles. The highest BCUT2D eigenvalue weighted by atomic mass is 32.1. The van der Waals surface area contributed by atoms with Crippen molar-refractivity contribution in [2.75, 3.05) is 23.9 Å². The second kappa shape index (κ2) is 9.47. The Kier molecular flexibility index (Phi) is 6.20. The molecule has 4 aromatic rings. The highest BCUT2D eigenvalue weighted by molar-refractivity contribution is 7.80. The van der Waals surface area contributed by atoms with E-state index in [1.165, 1.54) is 0 Å². The van der Waals surface area contributed by atoms with Crippen molar-refractivity contribution in [3.63, 3.8) is 0 Å². The molecule has 182 valence electrons. The molecule has 0 unspecified atom stereocenters. The van der Waals surface area contributed by atoms with Gasteiger partial charge in [-0.05, 0) is 85.4 Å². The van der Waals surface area contributed by atoms with Gasteiger partial charge >= 0.3 is 5.97 Å². The molecule has 8 heteroatoms. The average molecular weight is 499 g/mol. The minimum Gasteiger partial charge on any atom is -0.478 e. The van der Waals surface area contributed by atoms with Gasteiger partial charge in [0.05, 0.1) is 17.3 Å². The van der Waals surface area contributed by atoms with Gasteiger partial charge in [-0.2, -0.15) is 0 Å². The second-order valence-corrected chi connectivity index (χ2v) is 9.33.